The van der Waals surface area contributed by atoms with Gasteiger partial charge in [-0.2, -0.15) is 0 Å². The zero-order valence-corrected chi connectivity index (χ0v) is 10.8. The van der Waals surface area contributed by atoms with Crippen LogP contribution in [0.2, 0.25) is 5.02 Å². The van der Waals surface area contributed by atoms with E-state index >= 15 is 0 Å². The lowest BCUT2D eigenvalue weighted by Crippen LogP contribution is -2.32. The van der Waals surface area contributed by atoms with E-state index in [0.29, 0.717) is 26.3 Å². The van der Waals surface area contributed by atoms with Crippen molar-refractivity contribution in [3.05, 3.63) is 63.8 Å². The Morgan fingerprint density at radius 2 is 1.90 bits per heavy atom. The van der Waals surface area contributed by atoms with Crippen molar-refractivity contribution in [3.8, 4) is 5.69 Å². The second-order valence-corrected chi connectivity index (χ2v) is 4.88. The zero-order chi connectivity index (χ0) is 13.9. The first-order valence-corrected chi connectivity index (χ1v) is 6.34. The monoisotopic (exact) mass is 284 g/mol. The Morgan fingerprint density at radius 3 is 2.75 bits per heavy atom. The van der Waals surface area contributed by atoms with Gasteiger partial charge in [-0.15, -0.1) is 0 Å². The lowest BCUT2D eigenvalue weighted by atomic mass is 10.1. The van der Waals surface area contributed by atoms with E-state index in [2.05, 4.69) is 4.98 Å². The summed E-state index contributed by atoms with van der Waals surface area (Å²) in [5.41, 5.74) is 1.65. The molecule has 1 aliphatic rings. The van der Waals surface area contributed by atoms with E-state index in [4.69, 9.17) is 11.6 Å². The molecular weight excluding hydrogens is 278 g/mol. The summed E-state index contributed by atoms with van der Waals surface area (Å²) in [7, 11) is 0. The van der Waals surface area contributed by atoms with Gasteiger partial charge in [-0.1, -0.05) is 29.8 Å². The Balaban J connectivity index is 2.25. The van der Waals surface area contributed by atoms with Crippen LogP contribution in [0.15, 0.2) is 42.5 Å². The Kier molecular flexibility index (Phi) is 2.11. The molecule has 2 aromatic carbocycles. The van der Waals surface area contributed by atoms with Crippen LogP contribution < -0.4 is 4.54 Å². The molecule has 1 aromatic heterocycles. The molecule has 0 radical (unpaired) electrons. The number of para-hydroxylation sites is 2. The summed E-state index contributed by atoms with van der Waals surface area (Å²) in [5.74, 6) is -0.150. The molecule has 0 amide bonds. The minimum absolute atomic E-state index is 0.107. The molecule has 5 nitrogen and oxygen atoms in total. The number of rotatable bonds is 0. The van der Waals surface area contributed by atoms with Crippen molar-refractivity contribution in [3.63, 3.8) is 0 Å². The van der Waals surface area contributed by atoms with Gasteiger partial charge in [-0.25, -0.2) is 4.98 Å². The molecule has 1 aliphatic heterocycles. The molecule has 96 valence electrons. The largest absolute Gasteiger partial charge is 0.336 e. The average molecular weight is 285 g/mol. The lowest BCUT2D eigenvalue weighted by molar-refractivity contribution is -0.559. The van der Waals surface area contributed by atoms with Crippen LogP contribution in [0.4, 0.5) is 0 Å². The molecule has 6 heteroatoms. The summed E-state index contributed by atoms with van der Waals surface area (Å²) in [6.07, 6.45) is 0. The molecule has 0 spiro atoms. The first-order valence-electron chi connectivity index (χ1n) is 5.97. The third-order valence-electron chi connectivity index (χ3n) is 3.35. The van der Waals surface area contributed by atoms with Crippen molar-refractivity contribution in [1.82, 2.24) is 9.67 Å². The molecule has 0 N–H and O–H groups in total. The minimum atomic E-state index is -0.257. The van der Waals surface area contributed by atoms with Crippen molar-refractivity contribution in [1.29, 1.82) is 0 Å². The fourth-order valence-electron chi connectivity index (χ4n) is 2.46. The number of benzene rings is 2. The number of fused-ring (bicyclic) bond motifs is 4. The predicted octanol–water partition coefficient (Wildman–Crippen LogP) is 2.14. The fraction of sp³-hybridized carbons (Fsp3) is 0. The highest BCUT2D eigenvalue weighted by Crippen LogP contribution is 2.26. The Hall–Kier alpha value is -2.53. The lowest BCUT2D eigenvalue weighted by Gasteiger charge is -1.97. The van der Waals surface area contributed by atoms with E-state index in [-0.39, 0.29) is 17.1 Å². The first-order chi connectivity index (χ1) is 9.68. The van der Waals surface area contributed by atoms with Gasteiger partial charge in [0.15, 0.2) is 4.54 Å². The molecule has 3 aromatic rings. The zero-order valence-electron chi connectivity index (χ0n) is 10.1. The highest BCUT2D eigenvalue weighted by Gasteiger charge is 2.35. The van der Waals surface area contributed by atoms with Gasteiger partial charge in [-0.3, -0.25) is 4.79 Å². The average Bonchev–Trinajstić information content (AvgIpc) is 2.73. The van der Waals surface area contributed by atoms with Gasteiger partial charge >= 0.3 is 5.52 Å². The molecule has 0 unspecified atom stereocenters. The molecule has 20 heavy (non-hydrogen) atoms. The van der Waals surface area contributed by atoms with E-state index in [1.54, 1.807) is 42.5 Å². The molecule has 0 fully saturated rings. The van der Waals surface area contributed by atoms with Gasteiger partial charge in [0, 0.05) is 0 Å². The van der Waals surface area contributed by atoms with Crippen LogP contribution in [0.1, 0.15) is 16.2 Å². The summed E-state index contributed by atoms with van der Waals surface area (Å²) >= 11 is 6.07. The number of carbonyl (C=O) groups excluding carboxylic acids is 1. The fourth-order valence-corrected chi connectivity index (χ4v) is 2.70. The number of hydrogen-bond acceptors (Lipinski definition) is 3. The highest BCUT2D eigenvalue weighted by molar-refractivity contribution is 6.34. The Labute approximate surface area is 117 Å². The molecule has 4 rings (SSSR count). The standard InChI is InChI=1S/C14H7ClN3O2/c15-9-5-3-6-10-12(9)18(20)17-11-7-2-1-4-8(11)13(19)14(17)16-10/h1-7H/q+1. The molecule has 0 saturated carbocycles. The Bertz CT molecular complexity index is 962. The number of halogens is 1. The number of nitrogens with zero attached hydrogens (tertiary/aromatic N) is 3. The van der Waals surface area contributed by atoms with Gasteiger partial charge in [0.05, 0.1) is 10.5 Å². The van der Waals surface area contributed by atoms with E-state index < -0.39 is 0 Å². The third kappa shape index (κ3) is 1.27. The second-order valence-electron chi connectivity index (χ2n) is 4.47. The maximum atomic E-state index is 12.6. The quantitative estimate of drug-likeness (QED) is 0.465. The van der Waals surface area contributed by atoms with Crippen LogP contribution in [0, 0.1) is 4.91 Å². The predicted molar refractivity (Wildman–Crippen MR) is 72.9 cm³/mol. The van der Waals surface area contributed by atoms with Crippen LogP contribution in [0.25, 0.3) is 16.7 Å². The van der Waals surface area contributed by atoms with Gasteiger partial charge < -0.3 is 0 Å². The summed E-state index contributed by atoms with van der Waals surface area (Å²) < 4.78 is 1.88. The molecule has 0 aliphatic carbocycles. The second kappa shape index (κ2) is 3.74. The summed E-state index contributed by atoms with van der Waals surface area (Å²) in [4.78, 5) is 29.1. The summed E-state index contributed by atoms with van der Waals surface area (Å²) in [6, 6.07) is 11.9. The molecular formula is C14H7ClN3O2+. The van der Waals surface area contributed by atoms with Gasteiger partial charge in [0.25, 0.3) is 0 Å². The SMILES string of the molecule is O=C1c2ccccc2-n2c1nc1cccc(Cl)c1[n+]2=O. The van der Waals surface area contributed by atoms with Crippen molar-refractivity contribution in [2.24, 2.45) is 0 Å². The van der Waals surface area contributed by atoms with Gasteiger partial charge in [0.2, 0.25) is 11.6 Å². The van der Waals surface area contributed by atoms with E-state index in [1.165, 1.54) is 4.68 Å². The van der Waals surface area contributed by atoms with Crippen molar-refractivity contribution in [2.75, 3.05) is 0 Å². The van der Waals surface area contributed by atoms with E-state index in [9.17, 15) is 9.70 Å². The summed E-state index contributed by atoms with van der Waals surface area (Å²) in [5, 5.41) is 0.303. The van der Waals surface area contributed by atoms with Crippen molar-refractivity contribution in [2.45, 2.75) is 0 Å². The van der Waals surface area contributed by atoms with Crippen LogP contribution in [0.3, 0.4) is 0 Å². The van der Waals surface area contributed by atoms with Crippen LogP contribution in [-0.2, 0) is 0 Å². The maximum absolute atomic E-state index is 12.6. The number of ketones is 1. The normalized spacial score (nSPS) is 12.6. The number of hydrogen-bond donors (Lipinski definition) is 0. The molecule has 0 saturated heterocycles. The van der Waals surface area contributed by atoms with E-state index in [1.807, 2.05) is 0 Å². The van der Waals surface area contributed by atoms with Crippen LogP contribution >= 0.6 is 11.6 Å². The van der Waals surface area contributed by atoms with E-state index in [0.717, 1.165) is 0 Å². The van der Waals surface area contributed by atoms with Crippen LogP contribution in [-0.4, -0.2) is 15.4 Å². The van der Waals surface area contributed by atoms with Crippen molar-refractivity contribution < 1.29 is 9.34 Å². The topological polar surface area (TPSA) is 57.9 Å². The van der Waals surface area contributed by atoms with Gasteiger partial charge in [0.1, 0.15) is 16.2 Å². The smallest absolute Gasteiger partial charge is 0.285 e. The molecule has 0 atom stereocenters. The third-order valence-corrected chi connectivity index (χ3v) is 3.65. The number of aromatic nitrogens is 3. The van der Waals surface area contributed by atoms with Gasteiger partial charge in [-0.05, 0) is 28.9 Å². The Morgan fingerprint density at radius 1 is 1.10 bits per heavy atom. The first kappa shape index (κ1) is 11.3. The highest BCUT2D eigenvalue weighted by atomic mass is 35.5. The molecule has 0 bridgehead atoms. The number of carbonyl (C=O) groups is 1. The maximum Gasteiger partial charge on any atom is 0.336 e. The van der Waals surface area contributed by atoms with Crippen molar-refractivity contribution >= 4 is 28.4 Å². The minimum Gasteiger partial charge on any atom is -0.285 e. The molecule has 2 heterocycles. The summed E-state index contributed by atoms with van der Waals surface area (Å²) in [6.45, 7) is 0. The van der Waals surface area contributed by atoms with Crippen LogP contribution in [0.5, 0.6) is 0 Å².